The Morgan fingerprint density at radius 1 is 1.55 bits per heavy atom. The maximum atomic E-state index is 11.0. The van der Waals surface area contributed by atoms with Crippen LogP contribution < -0.4 is 0 Å². The smallest absolute Gasteiger partial charge is 0.312 e. The zero-order chi connectivity index (χ0) is 8.91. The van der Waals surface area contributed by atoms with Crippen LogP contribution in [0.15, 0.2) is 0 Å². The molecule has 0 aromatic carbocycles. The Morgan fingerprint density at radius 3 is 2.45 bits per heavy atom. The third kappa shape index (κ3) is 5.13. The summed E-state index contributed by atoms with van der Waals surface area (Å²) in [4.78, 5) is 10.7. The summed E-state index contributed by atoms with van der Waals surface area (Å²) in [6, 6.07) is 0. The fraction of sp³-hybridized carbons (Fsp3) is 0.833. The Kier molecular flexibility index (Phi) is 4.57. The van der Waals surface area contributed by atoms with Crippen molar-refractivity contribution in [3.05, 3.63) is 0 Å². The first-order valence-electron chi connectivity index (χ1n) is 3.31. The summed E-state index contributed by atoms with van der Waals surface area (Å²) in [5.41, 5.74) is 0. The molecule has 1 atom stereocenters. The minimum absolute atomic E-state index is 0.0795. The van der Waals surface area contributed by atoms with E-state index in [9.17, 15) is 9.36 Å². The quantitative estimate of drug-likeness (QED) is 0.601. The molecule has 0 aromatic heterocycles. The lowest BCUT2D eigenvalue weighted by atomic mass is 10.3. The van der Waals surface area contributed by atoms with Gasteiger partial charge >= 0.3 is 7.60 Å². The van der Waals surface area contributed by atoms with E-state index in [-0.39, 0.29) is 12.4 Å². The van der Waals surface area contributed by atoms with Crippen LogP contribution in [-0.4, -0.2) is 26.2 Å². The largest absolute Gasteiger partial charge is 0.327 e. The van der Waals surface area contributed by atoms with Gasteiger partial charge in [0.15, 0.2) is 5.78 Å². The van der Waals surface area contributed by atoms with E-state index in [1.807, 2.05) is 0 Å². The lowest BCUT2D eigenvalue weighted by Crippen LogP contribution is -2.05. The topological polar surface area (TPSA) is 52.6 Å². The van der Waals surface area contributed by atoms with E-state index in [1.54, 1.807) is 6.92 Å². The fourth-order valence-corrected chi connectivity index (χ4v) is 0.828. The molecule has 0 radical (unpaired) electrons. The van der Waals surface area contributed by atoms with Gasteiger partial charge in [-0.05, 0) is 0 Å². The molecule has 66 valence electrons. The third-order valence-electron chi connectivity index (χ3n) is 1.19. The molecule has 5 heteroatoms. The molecule has 0 aliphatic heterocycles. The zero-order valence-corrected chi connectivity index (χ0v) is 7.89. The van der Waals surface area contributed by atoms with Crippen LogP contribution in [0.3, 0.4) is 0 Å². The molecule has 0 amide bonds. The van der Waals surface area contributed by atoms with Crippen LogP contribution >= 0.6 is 7.60 Å². The lowest BCUT2D eigenvalue weighted by molar-refractivity contribution is -0.120. The number of hydrogen-bond acceptors (Lipinski definition) is 4. The fourth-order valence-electron chi connectivity index (χ4n) is 0.344. The van der Waals surface area contributed by atoms with Crippen molar-refractivity contribution in [2.45, 2.75) is 13.3 Å². The van der Waals surface area contributed by atoms with Crippen molar-refractivity contribution in [3.63, 3.8) is 0 Å². The Bertz CT molecular complexity index is 177. The van der Waals surface area contributed by atoms with Gasteiger partial charge in [-0.25, -0.2) is 0 Å². The van der Waals surface area contributed by atoms with E-state index >= 15 is 0 Å². The first-order valence-corrected chi connectivity index (χ1v) is 5.30. The second-order valence-corrected chi connectivity index (χ2v) is 4.29. The normalized spacial score (nSPS) is 15.9. The van der Waals surface area contributed by atoms with Gasteiger partial charge in [-0.15, -0.1) is 0 Å². The molecule has 1 unspecified atom stereocenters. The van der Waals surface area contributed by atoms with Crippen LogP contribution in [0, 0.1) is 0 Å². The van der Waals surface area contributed by atoms with Crippen molar-refractivity contribution < 1.29 is 18.4 Å². The predicted octanol–water partition coefficient (Wildman–Crippen LogP) is 1.45. The molecule has 0 N–H and O–H groups in total. The van der Waals surface area contributed by atoms with Crippen LogP contribution in [0.4, 0.5) is 0 Å². The molecular formula is C6H13O4P. The van der Waals surface area contributed by atoms with Crippen molar-refractivity contribution in [2.24, 2.45) is 0 Å². The van der Waals surface area contributed by atoms with E-state index in [2.05, 4.69) is 4.52 Å². The van der Waals surface area contributed by atoms with Crippen LogP contribution in [0.2, 0.25) is 0 Å². The van der Waals surface area contributed by atoms with Gasteiger partial charge in [0.05, 0.1) is 0 Å². The summed E-state index contributed by atoms with van der Waals surface area (Å²) in [5, 5.41) is 0. The second kappa shape index (κ2) is 4.65. The van der Waals surface area contributed by atoms with Crippen LogP contribution in [0.5, 0.6) is 0 Å². The van der Waals surface area contributed by atoms with E-state index in [0.29, 0.717) is 6.42 Å². The van der Waals surface area contributed by atoms with Crippen molar-refractivity contribution in [2.75, 3.05) is 20.4 Å². The number of Topliss-reactive ketones (excluding diaryl/α,β-unsaturated/α-hetero) is 1. The monoisotopic (exact) mass is 180 g/mol. The number of carbonyl (C=O) groups is 1. The van der Waals surface area contributed by atoms with Gasteiger partial charge in [0.25, 0.3) is 0 Å². The Labute approximate surface area is 66.4 Å². The molecule has 0 fully saturated rings. The number of ketones is 1. The molecule has 0 saturated carbocycles. The summed E-state index contributed by atoms with van der Waals surface area (Å²) >= 11 is 0. The highest BCUT2D eigenvalue weighted by Gasteiger charge is 2.15. The first-order chi connectivity index (χ1) is 5.02. The molecule has 4 nitrogen and oxygen atoms in total. The third-order valence-corrected chi connectivity index (χ3v) is 2.45. The van der Waals surface area contributed by atoms with Crippen molar-refractivity contribution >= 4 is 13.4 Å². The maximum absolute atomic E-state index is 11.0. The lowest BCUT2D eigenvalue weighted by Gasteiger charge is -2.09. The molecular weight excluding hydrogens is 167 g/mol. The highest BCUT2D eigenvalue weighted by atomic mass is 31.2. The molecule has 0 aliphatic rings. The van der Waals surface area contributed by atoms with Crippen LogP contribution in [-0.2, 0) is 18.4 Å². The Hall–Kier alpha value is -0.180. The van der Waals surface area contributed by atoms with Crippen molar-refractivity contribution in [3.8, 4) is 0 Å². The van der Waals surface area contributed by atoms with Gasteiger partial charge in [-0.1, -0.05) is 6.92 Å². The minimum atomic E-state index is -2.96. The summed E-state index contributed by atoms with van der Waals surface area (Å²) in [7, 11) is -1.67. The molecule has 0 spiro atoms. The van der Waals surface area contributed by atoms with Gasteiger partial charge in [0.1, 0.15) is 6.61 Å². The van der Waals surface area contributed by atoms with E-state index < -0.39 is 7.60 Å². The summed E-state index contributed by atoms with van der Waals surface area (Å²) in [6.45, 7) is 2.92. The predicted molar refractivity (Wildman–Crippen MR) is 41.8 cm³/mol. The molecule has 0 heterocycles. The van der Waals surface area contributed by atoms with Gasteiger partial charge < -0.3 is 9.05 Å². The number of rotatable bonds is 5. The molecule has 0 saturated heterocycles. The van der Waals surface area contributed by atoms with Crippen molar-refractivity contribution in [1.82, 2.24) is 0 Å². The standard InChI is InChI=1S/C6H13O4P/c1-4-6(7)5-10-11(3,8)9-2/h4-5H2,1-3H3. The SMILES string of the molecule is CCC(=O)COP(C)(=O)OC. The number of hydrogen-bond donors (Lipinski definition) is 0. The summed E-state index contributed by atoms with van der Waals surface area (Å²) < 4.78 is 20.2. The average Bonchev–Trinajstić information content (AvgIpc) is 2.00. The van der Waals surface area contributed by atoms with Crippen LogP contribution in [0.25, 0.3) is 0 Å². The molecule has 11 heavy (non-hydrogen) atoms. The highest BCUT2D eigenvalue weighted by molar-refractivity contribution is 7.52. The van der Waals surface area contributed by atoms with Crippen molar-refractivity contribution in [1.29, 1.82) is 0 Å². The number of carbonyl (C=O) groups excluding carboxylic acids is 1. The Morgan fingerprint density at radius 2 is 2.09 bits per heavy atom. The molecule has 0 bridgehead atoms. The van der Waals surface area contributed by atoms with Crippen LogP contribution in [0.1, 0.15) is 13.3 Å². The minimum Gasteiger partial charge on any atom is -0.312 e. The first kappa shape index (κ1) is 10.8. The van der Waals surface area contributed by atoms with Gasteiger partial charge in [-0.2, -0.15) is 0 Å². The van der Waals surface area contributed by atoms with Gasteiger partial charge in [-0.3, -0.25) is 9.36 Å². The molecule has 0 aromatic rings. The average molecular weight is 180 g/mol. The summed E-state index contributed by atoms with van der Waals surface area (Å²) in [6.07, 6.45) is 0.393. The second-order valence-electron chi connectivity index (χ2n) is 2.12. The van der Waals surface area contributed by atoms with Gasteiger partial charge in [0.2, 0.25) is 0 Å². The zero-order valence-electron chi connectivity index (χ0n) is 6.99. The summed E-state index contributed by atoms with van der Waals surface area (Å²) in [5.74, 6) is -0.0795. The maximum Gasteiger partial charge on any atom is 0.327 e. The Balaban J connectivity index is 3.70. The van der Waals surface area contributed by atoms with E-state index in [4.69, 9.17) is 4.52 Å². The van der Waals surface area contributed by atoms with Gasteiger partial charge in [0, 0.05) is 20.2 Å². The highest BCUT2D eigenvalue weighted by Crippen LogP contribution is 2.42. The van der Waals surface area contributed by atoms with E-state index in [0.717, 1.165) is 0 Å². The van der Waals surface area contributed by atoms with E-state index in [1.165, 1.54) is 13.8 Å². The molecule has 0 aliphatic carbocycles. The molecule has 0 rings (SSSR count).